The molecule has 1 aliphatic heterocycles. The van der Waals surface area contributed by atoms with Gasteiger partial charge in [-0.05, 0) is 225 Å². The molecule has 6 nitrogen and oxygen atoms in total. The van der Waals surface area contributed by atoms with Crippen molar-refractivity contribution in [2.75, 3.05) is 13.6 Å². The van der Waals surface area contributed by atoms with Crippen LogP contribution >= 0.6 is 0 Å². The smallest absolute Gasteiger partial charge is 0.253 e. The summed E-state index contributed by atoms with van der Waals surface area (Å²) in [6.07, 6.45) is 34.6. The Morgan fingerprint density at radius 3 is 1.09 bits per heavy atom. The van der Waals surface area contributed by atoms with Gasteiger partial charge in [-0.15, -0.1) is 10.2 Å². The molecular weight excluding hydrogens is 1320 g/mol. The van der Waals surface area contributed by atoms with Gasteiger partial charge in [-0.2, -0.15) is 0 Å². The highest BCUT2D eigenvalue weighted by Crippen LogP contribution is 2.32. The number of fused-ring (bicyclic) bond motifs is 2. The standard InChI is InChI=1S/C14H19NO.C12H18.C11H15N3.C11H16.C10H15N.2C8H16.2C8H14.4C3H8.CH4/c1-14(2,3)11-5-6-12-10(9-11)7-8-15(4)13(12)16;1-9-6-7-11(8-10(9)2)12(3,4)5;1-8-12-13-10-7-9(11(2,3)4)5-6-14(8)10;1-9-5-7-10(8-6-9)11(2,3)4;1-8-5-6-9(7-11-8)10(2,3)4;4*1-7-3-5-8(2)6-4-7;4*1-3-2;/h5-6,9H,7-8H2,1-4H3;6-8H,1-5H3;5-7H,1-4H3;5-8H,1-4H3;5-7H,1-4H3;2*7-8H,3-6H2,1-2H3;2*3,8H,4-6H2,1-2H3;4*3H2,1-2H3;1H4/t;;;;;;;2*8-;;;;;/m.......10...../s1. The van der Waals surface area contributed by atoms with E-state index in [0.717, 1.165) is 71.2 Å². The summed E-state index contributed by atoms with van der Waals surface area (Å²) >= 11 is 0. The molecule has 2 saturated carbocycles. The first kappa shape index (κ1) is 108. The molecule has 622 valence electrons. The average molecular weight is 1500 g/mol. The van der Waals surface area contributed by atoms with Gasteiger partial charge >= 0.3 is 0 Å². The second-order valence-electron chi connectivity index (χ2n) is 38.3. The van der Waals surface area contributed by atoms with Gasteiger partial charge in [0.25, 0.3) is 5.91 Å². The van der Waals surface area contributed by atoms with Crippen molar-refractivity contribution >= 4 is 11.6 Å². The van der Waals surface area contributed by atoms with Gasteiger partial charge in [-0.25, -0.2) is 0 Å². The molecule has 11 rings (SSSR count). The molecule has 2 fully saturated rings. The SMILES string of the molecule is C.CC1=CC[C@@H](C)CC1.CC1=CC[C@H](C)CC1.CC1CCC(C)CC1.CC1CCC(C)CC1.CCC.CCC.CCC.CCC.CN1CCc2cc(C(C)(C)C)ccc2C1=O.Cc1ccc(C(C)(C)C)cc1.Cc1ccc(C(C)(C)C)cc1C.Cc1ccc(C(C)(C)C)cn1.Cc1nnc2cc(C(C)(C)C)ccn12. The van der Waals surface area contributed by atoms with Gasteiger partial charge < -0.3 is 4.90 Å². The van der Waals surface area contributed by atoms with Crippen LogP contribution in [0.3, 0.4) is 0 Å². The molecule has 0 saturated heterocycles. The molecule has 2 atom stereocenters. The van der Waals surface area contributed by atoms with Crippen LogP contribution in [0.1, 0.15) is 410 Å². The number of nitrogens with zero attached hydrogens (tertiary/aromatic N) is 5. The van der Waals surface area contributed by atoms with E-state index < -0.39 is 0 Å². The van der Waals surface area contributed by atoms with Crippen molar-refractivity contribution in [3.8, 4) is 0 Å². The van der Waals surface area contributed by atoms with Crippen LogP contribution in [0.5, 0.6) is 0 Å². The third-order valence-corrected chi connectivity index (χ3v) is 20.2. The molecule has 5 aliphatic rings. The monoisotopic (exact) mass is 1500 g/mol. The largest absolute Gasteiger partial charge is 0.341 e. The molecule has 0 spiro atoms. The number of rotatable bonds is 0. The van der Waals surface area contributed by atoms with Crippen molar-refractivity contribution in [2.24, 2.45) is 35.5 Å². The van der Waals surface area contributed by atoms with Gasteiger partial charge in [0.1, 0.15) is 5.82 Å². The molecule has 109 heavy (non-hydrogen) atoms. The zero-order valence-electron chi connectivity index (χ0n) is 78.1. The van der Waals surface area contributed by atoms with Gasteiger partial charge in [0.15, 0.2) is 5.65 Å². The van der Waals surface area contributed by atoms with Crippen molar-refractivity contribution in [3.63, 3.8) is 0 Å². The highest BCUT2D eigenvalue weighted by Gasteiger charge is 2.24. The number of hydrogen-bond donors (Lipinski definition) is 0. The molecular formula is C103H179N5O. The Kier molecular flexibility index (Phi) is 55.0. The van der Waals surface area contributed by atoms with Crippen LogP contribution in [0.2, 0.25) is 0 Å². The molecule has 0 unspecified atom stereocenters. The average Bonchev–Trinajstić information content (AvgIpc) is 1.20. The highest BCUT2D eigenvalue weighted by atomic mass is 16.2. The molecule has 4 heterocycles. The van der Waals surface area contributed by atoms with Crippen molar-refractivity contribution in [1.82, 2.24) is 24.5 Å². The Morgan fingerprint density at radius 1 is 0.394 bits per heavy atom. The minimum atomic E-state index is 0. The summed E-state index contributed by atoms with van der Waals surface area (Å²) in [5, 5.41) is 8.14. The number of allylic oxidation sites excluding steroid dienone is 4. The molecule has 0 bridgehead atoms. The van der Waals surface area contributed by atoms with E-state index in [1.807, 2.05) is 43.8 Å². The fourth-order valence-electron chi connectivity index (χ4n) is 11.8. The first-order chi connectivity index (χ1) is 50.1. The van der Waals surface area contributed by atoms with Crippen LogP contribution in [-0.4, -0.2) is 44.0 Å². The summed E-state index contributed by atoms with van der Waals surface area (Å²) in [7, 11) is 1.86. The summed E-state index contributed by atoms with van der Waals surface area (Å²) in [5.41, 5.74) is 19.2. The van der Waals surface area contributed by atoms with E-state index in [0.29, 0.717) is 0 Å². The predicted octanol–water partition coefficient (Wildman–Crippen LogP) is 32.0. The fourth-order valence-corrected chi connectivity index (χ4v) is 11.8. The van der Waals surface area contributed by atoms with Gasteiger partial charge in [0.2, 0.25) is 0 Å². The quantitative estimate of drug-likeness (QED) is 0.142. The van der Waals surface area contributed by atoms with Gasteiger partial charge in [0.05, 0.1) is 0 Å². The van der Waals surface area contributed by atoms with Gasteiger partial charge in [-0.1, -0.05) is 375 Å². The minimum Gasteiger partial charge on any atom is -0.341 e. The predicted molar refractivity (Wildman–Crippen MR) is 492 cm³/mol. The minimum absolute atomic E-state index is 0. The second-order valence-corrected chi connectivity index (χ2v) is 38.3. The van der Waals surface area contributed by atoms with E-state index in [4.69, 9.17) is 0 Å². The lowest BCUT2D eigenvalue weighted by atomic mass is 9.84. The molecule has 4 aliphatic carbocycles. The number of aryl methyl sites for hydroxylation is 5. The first-order valence-electron chi connectivity index (χ1n) is 43.2. The van der Waals surface area contributed by atoms with Crippen molar-refractivity contribution in [2.45, 2.75) is 406 Å². The molecule has 0 N–H and O–H groups in total. The Bertz CT molecular complexity index is 3210. The van der Waals surface area contributed by atoms with Crippen molar-refractivity contribution in [1.29, 1.82) is 0 Å². The lowest BCUT2D eigenvalue weighted by Gasteiger charge is -2.27. The fraction of sp³-hybridized carbons (Fsp3) is 0.670. The zero-order chi connectivity index (χ0) is 83.3. The third-order valence-electron chi connectivity index (χ3n) is 20.2. The summed E-state index contributed by atoms with van der Waals surface area (Å²) in [6.45, 7) is 80.0. The van der Waals surface area contributed by atoms with Gasteiger partial charge in [0, 0.05) is 37.2 Å². The normalized spacial score (nSPS) is 18.5. The van der Waals surface area contributed by atoms with E-state index in [1.54, 1.807) is 16.0 Å². The topological polar surface area (TPSA) is 63.4 Å². The molecule has 3 aromatic carbocycles. The van der Waals surface area contributed by atoms with Crippen LogP contribution < -0.4 is 0 Å². The number of benzene rings is 3. The molecule has 1 amide bonds. The van der Waals surface area contributed by atoms with E-state index in [1.165, 1.54) is 166 Å². The van der Waals surface area contributed by atoms with Crippen molar-refractivity contribution < 1.29 is 4.79 Å². The molecule has 6 aromatic rings. The van der Waals surface area contributed by atoms with Crippen LogP contribution in [0.15, 0.2) is 121 Å². The number of aromatic nitrogens is 4. The van der Waals surface area contributed by atoms with Gasteiger partial charge in [-0.3, -0.25) is 14.2 Å². The Hall–Kier alpha value is -5.62. The van der Waals surface area contributed by atoms with Crippen LogP contribution in [-0.2, 0) is 33.5 Å². The number of likely N-dealkylation sites (N-methyl/N-ethyl adjacent to an activating group) is 1. The summed E-state index contributed by atoms with van der Waals surface area (Å²) in [4.78, 5) is 17.9. The maximum absolute atomic E-state index is 11.9. The van der Waals surface area contributed by atoms with Crippen molar-refractivity contribution in [3.05, 3.63) is 188 Å². The van der Waals surface area contributed by atoms with E-state index in [9.17, 15) is 4.79 Å². The first-order valence-corrected chi connectivity index (χ1v) is 43.2. The number of pyridine rings is 2. The molecule has 3 aromatic heterocycles. The zero-order valence-corrected chi connectivity index (χ0v) is 78.1. The number of amides is 1. The maximum atomic E-state index is 11.9. The van der Waals surface area contributed by atoms with E-state index in [-0.39, 0.29) is 40.4 Å². The lowest BCUT2D eigenvalue weighted by molar-refractivity contribution is 0.0780. The second kappa shape index (κ2) is 55.8. The summed E-state index contributed by atoms with van der Waals surface area (Å²) in [6, 6.07) is 30.1. The van der Waals surface area contributed by atoms with Crippen LogP contribution in [0.25, 0.3) is 5.65 Å². The van der Waals surface area contributed by atoms with Crippen LogP contribution in [0.4, 0.5) is 0 Å². The third kappa shape index (κ3) is 48.8. The summed E-state index contributed by atoms with van der Waals surface area (Å²) < 4.78 is 2.00. The molecule has 0 radical (unpaired) electrons. The number of carbonyl (C=O) groups is 1. The maximum Gasteiger partial charge on any atom is 0.253 e. The Labute approximate surface area is 679 Å². The van der Waals surface area contributed by atoms with Crippen LogP contribution in [0, 0.1) is 70.1 Å². The lowest BCUT2D eigenvalue weighted by Crippen LogP contribution is -2.34. The van der Waals surface area contributed by atoms with E-state index in [2.05, 4.69) is 342 Å². The van der Waals surface area contributed by atoms with E-state index >= 15 is 0 Å². The summed E-state index contributed by atoms with van der Waals surface area (Å²) in [5.74, 6) is 7.05. The highest BCUT2D eigenvalue weighted by molar-refractivity contribution is 5.96. The number of carbonyl (C=O) groups excluding carboxylic acids is 1. The Morgan fingerprint density at radius 2 is 0.752 bits per heavy atom. The molecule has 6 heteroatoms. The Balaban J connectivity index is -0.00000115. The number of hydrogen-bond acceptors (Lipinski definition) is 4.